The number of aliphatic hydroxyl groups is 1. The molecule has 0 heterocycles. The minimum absolute atomic E-state index is 0.726. The summed E-state index contributed by atoms with van der Waals surface area (Å²) < 4.78 is 0. The van der Waals surface area contributed by atoms with Gasteiger partial charge in [-0.3, -0.25) is 0 Å². The zero-order valence-corrected chi connectivity index (χ0v) is 10.8. The van der Waals surface area contributed by atoms with E-state index < -0.39 is 5.60 Å². The van der Waals surface area contributed by atoms with Gasteiger partial charge in [-0.25, -0.2) is 0 Å². The second kappa shape index (κ2) is 5.83. The van der Waals surface area contributed by atoms with Gasteiger partial charge in [0, 0.05) is 0 Å². The maximum Gasteiger partial charge on any atom is 0.0868 e. The van der Waals surface area contributed by atoms with Gasteiger partial charge in [-0.2, -0.15) is 0 Å². The van der Waals surface area contributed by atoms with Gasteiger partial charge in [0.15, 0.2) is 0 Å². The second-order valence-electron chi connectivity index (χ2n) is 4.98. The van der Waals surface area contributed by atoms with Crippen LogP contribution in [0.2, 0.25) is 0 Å². The molecule has 0 aliphatic carbocycles. The Morgan fingerprint density at radius 1 is 0.889 bits per heavy atom. The highest BCUT2D eigenvalue weighted by molar-refractivity contribution is 5.21. The Morgan fingerprint density at radius 3 is 2.06 bits per heavy atom. The molecule has 1 unspecified atom stereocenters. The summed E-state index contributed by atoms with van der Waals surface area (Å²) in [4.78, 5) is 0. The largest absolute Gasteiger partial charge is 0.385 e. The summed E-state index contributed by atoms with van der Waals surface area (Å²) in [5.74, 6) is 0. The summed E-state index contributed by atoms with van der Waals surface area (Å²) in [6.45, 7) is 1.90. The second-order valence-corrected chi connectivity index (χ2v) is 4.98. The van der Waals surface area contributed by atoms with Gasteiger partial charge in [0.25, 0.3) is 0 Å². The van der Waals surface area contributed by atoms with E-state index in [0.29, 0.717) is 0 Å². The zero-order chi connectivity index (χ0) is 12.8. The highest BCUT2D eigenvalue weighted by Crippen LogP contribution is 2.26. The van der Waals surface area contributed by atoms with E-state index in [0.717, 1.165) is 24.8 Å². The van der Waals surface area contributed by atoms with Gasteiger partial charge in [0.1, 0.15) is 0 Å². The third-order valence-corrected chi connectivity index (χ3v) is 3.37. The average molecular weight is 240 g/mol. The molecule has 18 heavy (non-hydrogen) atoms. The normalized spacial score (nSPS) is 14.1. The third kappa shape index (κ3) is 3.44. The van der Waals surface area contributed by atoms with Gasteiger partial charge in [0.05, 0.1) is 5.60 Å². The smallest absolute Gasteiger partial charge is 0.0868 e. The van der Waals surface area contributed by atoms with Gasteiger partial charge in [-0.05, 0) is 37.3 Å². The van der Waals surface area contributed by atoms with Crippen LogP contribution in [0.1, 0.15) is 30.9 Å². The molecule has 2 aromatic rings. The van der Waals surface area contributed by atoms with E-state index in [2.05, 4.69) is 24.3 Å². The number of hydrogen-bond acceptors (Lipinski definition) is 1. The molecule has 1 heteroatoms. The van der Waals surface area contributed by atoms with Crippen molar-refractivity contribution in [3.63, 3.8) is 0 Å². The standard InChI is InChI=1S/C17H20O/c1-17(18,16-12-6-3-7-13-16)14-8-11-15-9-4-2-5-10-15/h2-7,9-10,12-13,18H,8,11,14H2,1H3. The Balaban J connectivity index is 1.90. The number of hydrogen-bond donors (Lipinski definition) is 1. The molecule has 94 valence electrons. The van der Waals surface area contributed by atoms with E-state index in [1.54, 1.807) is 0 Å². The van der Waals surface area contributed by atoms with E-state index in [-0.39, 0.29) is 0 Å². The molecule has 0 radical (unpaired) electrons. The molecule has 0 saturated carbocycles. The third-order valence-electron chi connectivity index (χ3n) is 3.37. The van der Waals surface area contributed by atoms with E-state index in [1.807, 2.05) is 43.3 Å². The predicted molar refractivity (Wildman–Crippen MR) is 75.4 cm³/mol. The molecule has 2 rings (SSSR count). The molecular weight excluding hydrogens is 220 g/mol. The molecule has 0 fully saturated rings. The molecule has 0 amide bonds. The molecular formula is C17H20O. The monoisotopic (exact) mass is 240 g/mol. The zero-order valence-electron chi connectivity index (χ0n) is 10.8. The predicted octanol–water partition coefficient (Wildman–Crippen LogP) is 3.92. The van der Waals surface area contributed by atoms with Crippen molar-refractivity contribution in [1.82, 2.24) is 0 Å². The summed E-state index contributed by atoms with van der Waals surface area (Å²) in [5.41, 5.74) is 1.61. The van der Waals surface area contributed by atoms with Gasteiger partial charge in [-0.15, -0.1) is 0 Å². The van der Waals surface area contributed by atoms with Gasteiger partial charge in [-0.1, -0.05) is 60.7 Å². The van der Waals surface area contributed by atoms with Gasteiger partial charge < -0.3 is 5.11 Å². The first-order valence-corrected chi connectivity index (χ1v) is 6.50. The minimum Gasteiger partial charge on any atom is -0.385 e. The topological polar surface area (TPSA) is 20.2 Å². The summed E-state index contributed by atoms with van der Waals surface area (Å²) in [7, 11) is 0. The molecule has 0 bridgehead atoms. The Kier molecular flexibility index (Phi) is 4.16. The van der Waals surface area contributed by atoms with Crippen molar-refractivity contribution in [1.29, 1.82) is 0 Å². The van der Waals surface area contributed by atoms with Crippen molar-refractivity contribution in [2.75, 3.05) is 0 Å². The van der Waals surface area contributed by atoms with Crippen LogP contribution < -0.4 is 0 Å². The lowest BCUT2D eigenvalue weighted by atomic mass is 9.90. The van der Waals surface area contributed by atoms with Crippen LogP contribution in [-0.4, -0.2) is 5.11 Å². The fourth-order valence-corrected chi connectivity index (χ4v) is 2.22. The first-order valence-electron chi connectivity index (χ1n) is 6.50. The number of aryl methyl sites for hydroxylation is 1. The number of rotatable bonds is 5. The fraction of sp³-hybridized carbons (Fsp3) is 0.294. The van der Waals surface area contributed by atoms with Crippen LogP contribution in [0.5, 0.6) is 0 Å². The van der Waals surface area contributed by atoms with Crippen LogP contribution in [0.25, 0.3) is 0 Å². The molecule has 0 spiro atoms. The summed E-state index contributed by atoms with van der Waals surface area (Å²) in [5, 5.41) is 10.5. The van der Waals surface area contributed by atoms with Crippen molar-refractivity contribution in [3.8, 4) is 0 Å². The van der Waals surface area contributed by atoms with Crippen LogP contribution in [0, 0.1) is 0 Å². The maximum absolute atomic E-state index is 10.5. The molecule has 1 atom stereocenters. The van der Waals surface area contributed by atoms with Crippen LogP contribution in [0.3, 0.4) is 0 Å². The van der Waals surface area contributed by atoms with Crippen molar-refractivity contribution in [2.45, 2.75) is 31.8 Å². The molecule has 2 aromatic carbocycles. The Hall–Kier alpha value is -1.60. The van der Waals surface area contributed by atoms with E-state index >= 15 is 0 Å². The first-order chi connectivity index (χ1) is 8.68. The van der Waals surface area contributed by atoms with Crippen molar-refractivity contribution >= 4 is 0 Å². The quantitative estimate of drug-likeness (QED) is 0.840. The lowest BCUT2D eigenvalue weighted by molar-refractivity contribution is 0.0457. The van der Waals surface area contributed by atoms with Crippen molar-refractivity contribution in [3.05, 3.63) is 71.8 Å². The lowest BCUT2D eigenvalue weighted by Crippen LogP contribution is -2.21. The van der Waals surface area contributed by atoms with Crippen molar-refractivity contribution < 1.29 is 5.11 Å². The van der Waals surface area contributed by atoms with Crippen LogP contribution in [0.4, 0.5) is 0 Å². The average Bonchev–Trinajstić information content (AvgIpc) is 2.41. The highest BCUT2D eigenvalue weighted by atomic mass is 16.3. The molecule has 0 saturated heterocycles. The van der Waals surface area contributed by atoms with Crippen LogP contribution in [0.15, 0.2) is 60.7 Å². The first kappa shape index (κ1) is 12.8. The maximum atomic E-state index is 10.5. The van der Waals surface area contributed by atoms with E-state index in [9.17, 15) is 5.11 Å². The van der Waals surface area contributed by atoms with Gasteiger partial charge >= 0.3 is 0 Å². The van der Waals surface area contributed by atoms with E-state index in [4.69, 9.17) is 0 Å². The summed E-state index contributed by atoms with van der Waals surface area (Å²) >= 11 is 0. The Morgan fingerprint density at radius 2 is 1.44 bits per heavy atom. The lowest BCUT2D eigenvalue weighted by Gasteiger charge is -2.23. The SMILES string of the molecule is CC(O)(CCCc1ccccc1)c1ccccc1. The minimum atomic E-state index is -0.726. The molecule has 0 aliphatic rings. The fourth-order valence-electron chi connectivity index (χ4n) is 2.22. The molecule has 0 aliphatic heterocycles. The molecule has 1 N–H and O–H groups in total. The molecule has 0 aromatic heterocycles. The molecule has 1 nitrogen and oxygen atoms in total. The summed E-state index contributed by atoms with van der Waals surface area (Å²) in [6, 6.07) is 20.3. The highest BCUT2D eigenvalue weighted by Gasteiger charge is 2.21. The summed E-state index contributed by atoms with van der Waals surface area (Å²) in [6.07, 6.45) is 2.79. The number of benzene rings is 2. The Labute approximate surface area is 109 Å². The van der Waals surface area contributed by atoms with Crippen LogP contribution in [-0.2, 0) is 12.0 Å². The van der Waals surface area contributed by atoms with Gasteiger partial charge in [0.2, 0.25) is 0 Å². The van der Waals surface area contributed by atoms with Crippen molar-refractivity contribution in [2.24, 2.45) is 0 Å². The van der Waals surface area contributed by atoms with E-state index in [1.165, 1.54) is 5.56 Å². The Bertz CT molecular complexity index is 459. The van der Waals surface area contributed by atoms with Crippen LogP contribution >= 0.6 is 0 Å².